The van der Waals surface area contributed by atoms with Crippen LogP contribution < -0.4 is 10.6 Å². The fraction of sp³-hybridized carbons (Fsp3) is 0.458. The maximum absolute atomic E-state index is 12.5. The minimum atomic E-state index is -0.688. The average molecular weight is 495 g/mol. The van der Waals surface area contributed by atoms with Gasteiger partial charge in [-0.05, 0) is 48.9 Å². The molecule has 0 aliphatic carbocycles. The van der Waals surface area contributed by atoms with E-state index in [1.165, 1.54) is 23.7 Å². The number of carbonyl (C=O) groups excluding carboxylic acids is 2. The summed E-state index contributed by atoms with van der Waals surface area (Å²) < 4.78 is 0. The Hall–Kier alpha value is -2.19. The molecule has 0 saturated carbocycles. The Balaban J connectivity index is 0.00000193. The number of halogens is 2. The van der Waals surface area contributed by atoms with Crippen LogP contribution in [0.2, 0.25) is 0 Å². The van der Waals surface area contributed by atoms with E-state index < -0.39 is 6.10 Å². The largest absolute Gasteiger partial charge is 0.390 e. The summed E-state index contributed by atoms with van der Waals surface area (Å²) in [7, 11) is 0. The predicted molar refractivity (Wildman–Crippen MR) is 132 cm³/mol. The lowest BCUT2D eigenvalue weighted by atomic mass is 9.93. The van der Waals surface area contributed by atoms with E-state index in [0.717, 1.165) is 32.4 Å². The minimum Gasteiger partial charge on any atom is -0.390 e. The lowest BCUT2D eigenvalue weighted by Crippen LogP contribution is -2.49. The molecule has 7 nitrogen and oxygen atoms in total. The molecule has 4 rings (SSSR count). The molecule has 2 amide bonds. The van der Waals surface area contributed by atoms with Crippen LogP contribution in [0.4, 0.5) is 0 Å². The molecular weight excluding hydrogens is 463 g/mol. The van der Waals surface area contributed by atoms with Gasteiger partial charge in [-0.15, -0.1) is 24.8 Å². The van der Waals surface area contributed by atoms with Crippen LogP contribution in [0.1, 0.15) is 46.4 Å². The first-order chi connectivity index (χ1) is 15.1. The number of nitrogens with one attached hydrogen (secondary N) is 2. The molecule has 2 aliphatic heterocycles. The summed E-state index contributed by atoms with van der Waals surface area (Å²) >= 11 is 0. The summed E-state index contributed by atoms with van der Waals surface area (Å²) in [6, 6.07) is 11.5. The van der Waals surface area contributed by atoms with Gasteiger partial charge in [0.1, 0.15) is 0 Å². The van der Waals surface area contributed by atoms with Crippen molar-refractivity contribution in [2.45, 2.75) is 50.8 Å². The van der Waals surface area contributed by atoms with Crippen molar-refractivity contribution in [3.8, 4) is 0 Å². The van der Waals surface area contributed by atoms with Crippen molar-refractivity contribution < 1.29 is 14.7 Å². The fourth-order valence-corrected chi connectivity index (χ4v) is 4.27. The molecule has 2 aromatic rings. The molecule has 0 radical (unpaired) electrons. The van der Waals surface area contributed by atoms with Gasteiger partial charge in [0, 0.05) is 44.1 Å². The molecular formula is C24H32Cl2N4O3. The number of hydrogen-bond acceptors (Lipinski definition) is 5. The van der Waals surface area contributed by atoms with Crippen LogP contribution in [0.15, 0.2) is 42.6 Å². The summed E-state index contributed by atoms with van der Waals surface area (Å²) in [6.45, 7) is 2.52. The molecule has 1 fully saturated rings. The molecule has 9 heteroatoms. The summed E-state index contributed by atoms with van der Waals surface area (Å²) in [5.74, 6) is -0.189. The zero-order chi connectivity index (χ0) is 21.6. The molecule has 2 atom stereocenters. The lowest BCUT2D eigenvalue weighted by molar-refractivity contribution is -0.131. The summed E-state index contributed by atoms with van der Waals surface area (Å²) in [5.41, 5.74) is 3.57. The van der Waals surface area contributed by atoms with Gasteiger partial charge in [0.2, 0.25) is 5.91 Å². The van der Waals surface area contributed by atoms with E-state index in [-0.39, 0.29) is 55.6 Å². The predicted octanol–water partition coefficient (Wildman–Crippen LogP) is 2.29. The van der Waals surface area contributed by atoms with Crippen molar-refractivity contribution in [3.05, 3.63) is 65.0 Å². The Morgan fingerprint density at radius 3 is 2.52 bits per heavy atom. The molecule has 0 bridgehead atoms. The standard InChI is InChI=1S/C24H30N4O3.2ClH/c29-22(21-12-17-6-2-3-7-18(17)14-26-21)16-27-24(31)19-8-9-20(25-15-19)13-23(30)28-10-4-1-5-11-28;;/h2-3,6-9,15,21-22,26,29H,1,4-5,10-14,16H2,(H,27,31);2*1H/t21-,22?;;/m0../s1. The van der Waals surface area contributed by atoms with E-state index in [2.05, 4.69) is 27.8 Å². The molecule has 1 unspecified atom stereocenters. The van der Waals surface area contributed by atoms with Crippen LogP contribution in [-0.4, -0.2) is 58.6 Å². The van der Waals surface area contributed by atoms with E-state index in [1.54, 1.807) is 12.1 Å². The maximum atomic E-state index is 12.5. The molecule has 2 aliphatic rings. The number of amides is 2. The van der Waals surface area contributed by atoms with Gasteiger partial charge in [-0.25, -0.2) is 0 Å². The highest BCUT2D eigenvalue weighted by Gasteiger charge is 2.24. The summed E-state index contributed by atoms with van der Waals surface area (Å²) in [5, 5.41) is 16.7. The highest BCUT2D eigenvalue weighted by atomic mass is 35.5. The third kappa shape index (κ3) is 7.14. The maximum Gasteiger partial charge on any atom is 0.252 e. The molecule has 1 aromatic carbocycles. The molecule has 1 saturated heterocycles. The van der Waals surface area contributed by atoms with Crippen molar-refractivity contribution >= 4 is 36.6 Å². The van der Waals surface area contributed by atoms with Gasteiger partial charge in [-0.1, -0.05) is 24.3 Å². The average Bonchev–Trinajstić information content (AvgIpc) is 2.83. The van der Waals surface area contributed by atoms with E-state index in [0.29, 0.717) is 17.8 Å². The van der Waals surface area contributed by atoms with E-state index in [9.17, 15) is 14.7 Å². The normalized spacial score (nSPS) is 18.2. The van der Waals surface area contributed by atoms with Gasteiger partial charge in [-0.2, -0.15) is 0 Å². The molecule has 3 N–H and O–H groups in total. The highest BCUT2D eigenvalue weighted by molar-refractivity contribution is 5.94. The smallest absolute Gasteiger partial charge is 0.252 e. The first-order valence-electron chi connectivity index (χ1n) is 11.1. The first-order valence-corrected chi connectivity index (χ1v) is 11.1. The number of aliphatic hydroxyl groups is 1. The van der Waals surface area contributed by atoms with Crippen molar-refractivity contribution in [1.29, 1.82) is 0 Å². The van der Waals surface area contributed by atoms with Gasteiger partial charge < -0.3 is 20.6 Å². The minimum absolute atomic E-state index is 0. The van der Waals surface area contributed by atoms with Crippen molar-refractivity contribution in [3.63, 3.8) is 0 Å². The third-order valence-electron chi connectivity index (χ3n) is 6.18. The van der Waals surface area contributed by atoms with Crippen LogP contribution in [0.5, 0.6) is 0 Å². The Morgan fingerprint density at radius 1 is 1.09 bits per heavy atom. The second-order valence-electron chi connectivity index (χ2n) is 8.39. The van der Waals surface area contributed by atoms with Crippen LogP contribution in [0, 0.1) is 0 Å². The number of hydrogen-bond donors (Lipinski definition) is 3. The van der Waals surface area contributed by atoms with Crippen molar-refractivity contribution in [1.82, 2.24) is 20.5 Å². The molecule has 3 heterocycles. The van der Waals surface area contributed by atoms with E-state index in [4.69, 9.17) is 0 Å². The molecule has 1 aromatic heterocycles. The van der Waals surface area contributed by atoms with Crippen molar-refractivity contribution in [2.24, 2.45) is 0 Å². The van der Waals surface area contributed by atoms with Gasteiger partial charge in [-0.3, -0.25) is 14.6 Å². The Labute approximate surface area is 207 Å². The topological polar surface area (TPSA) is 94.6 Å². The Bertz CT molecular complexity index is 920. The number of aromatic nitrogens is 1. The van der Waals surface area contributed by atoms with E-state index in [1.807, 2.05) is 17.0 Å². The third-order valence-corrected chi connectivity index (χ3v) is 6.18. The Kier molecular flexibility index (Phi) is 10.6. The summed E-state index contributed by atoms with van der Waals surface area (Å²) in [6.07, 6.45) is 5.11. The second-order valence-corrected chi connectivity index (χ2v) is 8.39. The lowest BCUT2D eigenvalue weighted by Gasteiger charge is -2.30. The van der Waals surface area contributed by atoms with Gasteiger partial charge in [0.05, 0.1) is 18.1 Å². The van der Waals surface area contributed by atoms with Gasteiger partial charge in [0.15, 0.2) is 0 Å². The molecule has 0 spiro atoms. The fourth-order valence-electron chi connectivity index (χ4n) is 4.27. The number of likely N-dealkylation sites (tertiary alicyclic amines) is 1. The zero-order valence-corrected chi connectivity index (χ0v) is 20.2. The van der Waals surface area contributed by atoms with Crippen LogP contribution in [0.25, 0.3) is 0 Å². The monoisotopic (exact) mass is 494 g/mol. The molecule has 33 heavy (non-hydrogen) atoms. The number of nitrogens with zero attached hydrogens (tertiary/aromatic N) is 2. The number of aliphatic hydroxyl groups excluding tert-OH is 1. The van der Waals surface area contributed by atoms with Crippen LogP contribution in [-0.2, 0) is 24.2 Å². The zero-order valence-electron chi connectivity index (χ0n) is 18.5. The SMILES string of the molecule is Cl.Cl.O=C(NCC(O)[C@@H]1Cc2ccccc2CN1)c1ccc(CC(=O)N2CCCCC2)nc1. The number of benzene rings is 1. The van der Waals surface area contributed by atoms with Crippen molar-refractivity contribution in [2.75, 3.05) is 19.6 Å². The summed E-state index contributed by atoms with van der Waals surface area (Å²) in [4.78, 5) is 31.0. The number of rotatable bonds is 6. The van der Waals surface area contributed by atoms with Gasteiger partial charge >= 0.3 is 0 Å². The quantitative estimate of drug-likeness (QED) is 0.572. The Morgan fingerprint density at radius 2 is 1.82 bits per heavy atom. The number of piperidine rings is 1. The number of carbonyl (C=O) groups is 2. The van der Waals surface area contributed by atoms with Crippen LogP contribution in [0.3, 0.4) is 0 Å². The number of fused-ring (bicyclic) bond motifs is 1. The van der Waals surface area contributed by atoms with E-state index >= 15 is 0 Å². The van der Waals surface area contributed by atoms with Crippen LogP contribution >= 0.6 is 24.8 Å². The number of pyridine rings is 1. The van der Waals surface area contributed by atoms with Gasteiger partial charge in [0.25, 0.3) is 5.91 Å². The second kappa shape index (κ2) is 12.9. The highest BCUT2D eigenvalue weighted by Crippen LogP contribution is 2.18. The molecule has 180 valence electrons. The first kappa shape index (κ1) is 27.1.